The summed E-state index contributed by atoms with van der Waals surface area (Å²) in [5.74, 6) is -0.480. The van der Waals surface area contributed by atoms with E-state index in [4.69, 9.17) is 14.6 Å². The Labute approximate surface area is 98.4 Å². The highest BCUT2D eigenvalue weighted by atomic mass is 16.7. The number of fused-ring (bicyclic) bond motifs is 1. The number of hydrogen-bond donors (Lipinski definition) is 1. The van der Waals surface area contributed by atoms with Crippen molar-refractivity contribution in [3.8, 4) is 5.75 Å². The van der Waals surface area contributed by atoms with Gasteiger partial charge in [0.2, 0.25) is 0 Å². The molecule has 0 bridgehead atoms. The molecule has 1 N–H and O–H groups in total. The van der Waals surface area contributed by atoms with Gasteiger partial charge in [0.15, 0.2) is 6.79 Å². The zero-order chi connectivity index (χ0) is 12.3. The fourth-order valence-corrected chi connectivity index (χ4v) is 1.67. The first-order chi connectivity index (χ1) is 8.22. The van der Waals surface area contributed by atoms with Crippen LogP contribution < -0.4 is 4.74 Å². The number of rotatable bonds is 4. The van der Waals surface area contributed by atoms with Gasteiger partial charge in [0.05, 0.1) is 5.56 Å². The average Bonchev–Trinajstić information content (AvgIpc) is 2.35. The minimum atomic E-state index is -0.968. The van der Waals surface area contributed by atoms with Gasteiger partial charge in [0.1, 0.15) is 5.75 Å². The van der Waals surface area contributed by atoms with E-state index in [1.165, 1.54) is 13.2 Å². The van der Waals surface area contributed by atoms with Gasteiger partial charge in [-0.2, -0.15) is 0 Å². The van der Waals surface area contributed by atoms with Crippen LogP contribution in [0, 0.1) is 0 Å². The Balaban J connectivity index is 2.55. The molecule has 2 aromatic carbocycles. The molecule has 4 nitrogen and oxygen atoms in total. The van der Waals surface area contributed by atoms with Crippen LogP contribution in [0.4, 0.5) is 0 Å². The van der Waals surface area contributed by atoms with Gasteiger partial charge in [-0.05, 0) is 22.9 Å². The normalized spacial score (nSPS) is 10.4. The number of carboxylic acid groups (broad SMARTS) is 1. The second-order valence-electron chi connectivity index (χ2n) is 3.55. The maximum atomic E-state index is 11.2. The molecule has 0 saturated heterocycles. The number of carbonyl (C=O) groups is 1. The van der Waals surface area contributed by atoms with Crippen molar-refractivity contribution in [2.45, 2.75) is 0 Å². The van der Waals surface area contributed by atoms with Crippen molar-refractivity contribution in [1.82, 2.24) is 0 Å². The molecule has 0 saturated carbocycles. The summed E-state index contributed by atoms with van der Waals surface area (Å²) in [4.78, 5) is 11.2. The van der Waals surface area contributed by atoms with Crippen molar-refractivity contribution in [3.05, 3.63) is 42.0 Å². The van der Waals surface area contributed by atoms with E-state index in [1.807, 2.05) is 18.2 Å². The fraction of sp³-hybridized carbons (Fsp3) is 0.154. The first-order valence-corrected chi connectivity index (χ1v) is 5.10. The second-order valence-corrected chi connectivity index (χ2v) is 3.55. The Kier molecular flexibility index (Phi) is 3.25. The van der Waals surface area contributed by atoms with Crippen LogP contribution in [-0.4, -0.2) is 25.0 Å². The summed E-state index contributed by atoms with van der Waals surface area (Å²) in [6.45, 7) is 0.0946. The molecule has 2 rings (SSSR count). The average molecular weight is 232 g/mol. The van der Waals surface area contributed by atoms with Crippen LogP contribution in [-0.2, 0) is 4.74 Å². The molecule has 0 aromatic heterocycles. The first kappa shape index (κ1) is 11.4. The van der Waals surface area contributed by atoms with E-state index in [-0.39, 0.29) is 12.4 Å². The lowest BCUT2D eigenvalue weighted by atomic mass is 10.0. The minimum Gasteiger partial charge on any atom is -0.478 e. The molecule has 0 heterocycles. The molecular formula is C13H12O4. The zero-order valence-electron chi connectivity index (χ0n) is 9.34. The largest absolute Gasteiger partial charge is 0.478 e. The third-order valence-corrected chi connectivity index (χ3v) is 2.41. The summed E-state index contributed by atoms with van der Waals surface area (Å²) in [5, 5.41) is 10.7. The van der Waals surface area contributed by atoms with E-state index in [9.17, 15) is 4.79 Å². The molecule has 0 aliphatic heterocycles. The number of aromatic carboxylic acids is 1. The van der Waals surface area contributed by atoms with E-state index in [0.29, 0.717) is 11.1 Å². The number of methoxy groups -OCH3 is 1. The summed E-state index contributed by atoms with van der Waals surface area (Å²) in [7, 11) is 1.51. The number of hydrogen-bond acceptors (Lipinski definition) is 3. The van der Waals surface area contributed by atoms with E-state index in [0.717, 1.165) is 5.39 Å². The Morgan fingerprint density at radius 2 is 2.06 bits per heavy atom. The van der Waals surface area contributed by atoms with E-state index < -0.39 is 5.97 Å². The Bertz CT molecular complexity index is 548. The van der Waals surface area contributed by atoms with Crippen molar-refractivity contribution in [3.63, 3.8) is 0 Å². The maximum absolute atomic E-state index is 11.2. The monoisotopic (exact) mass is 232 g/mol. The van der Waals surface area contributed by atoms with E-state index in [2.05, 4.69) is 0 Å². The number of carboxylic acids is 1. The number of ether oxygens (including phenoxy) is 2. The van der Waals surface area contributed by atoms with Crippen molar-refractivity contribution in [2.75, 3.05) is 13.9 Å². The van der Waals surface area contributed by atoms with Gasteiger partial charge in [0.25, 0.3) is 0 Å². The molecule has 0 fully saturated rings. The van der Waals surface area contributed by atoms with Gasteiger partial charge >= 0.3 is 5.97 Å². The van der Waals surface area contributed by atoms with Crippen LogP contribution >= 0.6 is 0 Å². The van der Waals surface area contributed by atoms with Gasteiger partial charge in [-0.3, -0.25) is 0 Å². The standard InChI is InChI=1S/C13H12O4/c1-16-8-17-10-6-9-4-2-3-5-11(9)12(7-10)13(14)15/h2-7H,8H2,1H3,(H,14,15). The van der Waals surface area contributed by atoms with Crippen LogP contribution in [0.3, 0.4) is 0 Å². The molecule has 0 aliphatic carbocycles. The lowest BCUT2D eigenvalue weighted by molar-refractivity contribution is 0.0509. The maximum Gasteiger partial charge on any atom is 0.336 e. The topological polar surface area (TPSA) is 55.8 Å². The van der Waals surface area contributed by atoms with Crippen LogP contribution in [0.25, 0.3) is 10.8 Å². The van der Waals surface area contributed by atoms with Crippen LogP contribution in [0.15, 0.2) is 36.4 Å². The molecular weight excluding hydrogens is 220 g/mol. The predicted octanol–water partition coefficient (Wildman–Crippen LogP) is 2.52. The van der Waals surface area contributed by atoms with E-state index in [1.54, 1.807) is 12.1 Å². The second kappa shape index (κ2) is 4.84. The van der Waals surface area contributed by atoms with Crippen molar-refractivity contribution >= 4 is 16.7 Å². The van der Waals surface area contributed by atoms with Crippen molar-refractivity contribution in [1.29, 1.82) is 0 Å². The molecule has 4 heteroatoms. The summed E-state index contributed by atoms with van der Waals surface area (Å²) < 4.78 is 10.1. The van der Waals surface area contributed by atoms with Gasteiger partial charge in [-0.15, -0.1) is 0 Å². The molecule has 88 valence electrons. The molecule has 0 atom stereocenters. The highest BCUT2D eigenvalue weighted by Gasteiger charge is 2.10. The van der Waals surface area contributed by atoms with E-state index >= 15 is 0 Å². The van der Waals surface area contributed by atoms with Gasteiger partial charge in [-0.1, -0.05) is 24.3 Å². The minimum absolute atomic E-state index is 0.0946. The summed E-state index contributed by atoms with van der Waals surface area (Å²) in [6.07, 6.45) is 0. The Morgan fingerprint density at radius 3 is 2.76 bits per heavy atom. The lowest BCUT2D eigenvalue weighted by Gasteiger charge is -2.08. The SMILES string of the molecule is COCOc1cc(C(=O)O)c2ccccc2c1. The van der Waals surface area contributed by atoms with Crippen LogP contribution in [0.5, 0.6) is 5.75 Å². The summed E-state index contributed by atoms with van der Waals surface area (Å²) >= 11 is 0. The Hall–Kier alpha value is -2.07. The molecule has 0 radical (unpaired) electrons. The highest BCUT2D eigenvalue weighted by Crippen LogP contribution is 2.25. The van der Waals surface area contributed by atoms with Gasteiger partial charge in [-0.25, -0.2) is 4.79 Å². The lowest BCUT2D eigenvalue weighted by Crippen LogP contribution is -2.02. The van der Waals surface area contributed by atoms with Crippen molar-refractivity contribution in [2.24, 2.45) is 0 Å². The van der Waals surface area contributed by atoms with Gasteiger partial charge < -0.3 is 14.6 Å². The molecule has 0 aliphatic rings. The smallest absolute Gasteiger partial charge is 0.336 e. The van der Waals surface area contributed by atoms with Crippen molar-refractivity contribution < 1.29 is 19.4 Å². The summed E-state index contributed by atoms with van der Waals surface area (Å²) in [6, 6.07) is 10.6. The third kappa shape index (κ3) is 2.37. The predicted molar refractivity (Wildman–Crippen MR) is 63.4 cm³/mol. The quantitative estimate of drug-likeness (QED) is 0.823. The third-order valence-electron chi connectivity index (χ3n) is 2.41. The Morgan fingerprint density at radius 1 is 1.29 bits per heavy atom. The fourth-order valence-electron chi connectivity index (χ4n) is 1.67. The molecule has 0 spiro atoms. The van der Waals surface area contributed by atoms with Crippen LogP contribution in [0.1, 0.15) is 10.4 Å². The molecule has 2 aromatic rings. The zero-order valence-corrected chi connectivity index (χ0v) is 9.34. The molecule has 17 heavy (non-hydrogen) atoms. The highest BCUT2D eigenvalue weighted by molar-refractivity contribution is 6.04. The van der Waals surface area contributed by atoms with Crippen LogP contribution in [0.2, 0.25) is 0 Å². The molecule has 0 amide bonds. The molecule has 0 unspecified atom stereocenters. The van der Waals surface area contributed by atoms with Gasteiger partial charge in [0, 0.05) is 7.11 Å². The first-order valence-electron chi connectivity index (χ1n) is 5.10. The summed E-state index contributed by atoms with van der Waals surface area (Å²) in [5.41, 5.74) is 0.231. The number of benzene rings is 2.